The zero-order valence-electron chi connectivity index (χ0n) is 21.6. The van der Waals surface area contributed by atoms with Crippen LogP contribution in [0.2, 0.25) is 0 Å². The van der Waals surface area contributed by atoms with Crippen LogP contribution in [0.15, 0.2) is 140 Å². The third-order valence-corrected chi connectivity index (χ3v) is 7.91. The molecule has 2 aromatic heterocycles. The highest BCUT2D eigenvalue weighted by Crippen LogP contribution is 2.40. The highest BCUT2D eigenvalue weighted by atomic mass is 15.0. The lowest BCUT2D eigenvalue weighted by molar-refractivity contribution is 1.18. The van der Waals surface area contributed by atoms with E-state index in [1.54, 1.807) is 0 Å². The topological polar surface area (TPSA) is 14.2 Å². The summed E-state index contributed by atoms with van der Waals surface area (Å²) >= 11 is 0. The second kappa shape index (κ2) is 8.73. The third kappa shape index (κ3) is 3.24. The fourth-order valence-electron chi connectivity index (χ4n) is 6.25. The van der Waals surface area contributed by atoms with Gasteiger partial charge in [0.1, 0.15) is 0 Å². The highest BCUT2D eigenvalue weighted by molar-refractivity contribution is 6.16. The predicted octanol–water partition coefficient (Wildman–Crippen LogP) is 10.1. The summed E-state index contributed by atoms with van der Waals surface area (Å²) in [5, 5.41) is 4.93. The molecule has 0 saturated carbocycles. The Balaban J connectivity index is 1.40. The summed E-state index contributed by atoms with van der Waals surface area (Å²) in [5.74, 6) is 0. The van der Waals surface area contributed by atoms with Gasteiger partial charge in [0.15, 0.2) is 5.69 Å². The van der Waals surface area contributed by atoms with E-state index in [4.69, 9.17) is 6.57 Å². The molecule has 0 saturated heterocycles. The number of rotatable bonds is 3. The zero-order chi connectivity index (χ0) is 26.6. The molecule has 2 heterocycles. The molecule has 186 valence electrons. The van der Waals surface area contributed by atoms with Gasteiger partial charge >= 0.3 is 0 Å². The predicted molar refractivity (Wildman–Crippen MR) is 167 cm³/mol. The van der Waals surface area contributed by atoms with Gasteiger partial charge in [-0.1, -0.05) is 91.0 Å². The Bertz CT molecular complexity index is 2240. The van der Waals surface area contributed by atoms with Gasteiger partial charge in [0.05, 0.1) is 28.6 Å². The van der Waals surface area contributed by atoms with E-state index in [0.29, 0.717) is 5.69 Å². The number of aromatic nitrogens is 2. The smallest absolute Gasteiger partial charge is 0.189 e. The zero-order valence-corrected chi connectivity index (χ0v) is 21.6. The fraction of sp³-hybridized carbons (Fsp3) is 0. The number of para-hydroxylation sites is 3. The molecule has 0 unspecified atom stereocenters. The van der Waals surface area contributed by atoms with Crippen molar-refractivity contribution in [2.24, 2.45) is 0 Å². The standard InChI is InChI=1S/C37H23N3/c1-38-26-12-9-14-28(24-26)40-35-21-7-4-17-32(35)37-29(18-10-22-36(37)40)25-11-8-13-27(23-25)39-33-19-5-2-15-30(33)31-16-3-6-20-34(31)39/h2-24H. The van der Waals surface area contributed by atoms with Crippen LogP contribution in [-0.4, -0.2) is 9.13 Å². The second-order valence-electron chi connectivity index (χ2n) is 10.1. The summed E-state index contributed by atoms with van der Waals surface area (Å²) in [6.07, 6.45) is 0. The van der Waals surface area contributed by atoms with Gasteiger partial charge in [0, 0.05) is 32.9 Å². The number of benzene rings is 6. The van der Waals surface area contributed by atoms with Crippen LogP contribution in [0.4, 0.5) is 5.69 Å². The van der Waals surface area contributed by atoms with Crippen LogP contribution in [0.3, 0.4) is 0 Å². The van der Waals surface area contributed by atoms with Crippen LogP contribution in [0.5, 0.6) is 0 Å². The first-order valence-electron chi connectivity index (χ1n) is 13.4. The minimum Gasteiger partial charge on any atom is -0.310 e. The van der Waals surface area contributed by atoms with Crippen molar-refractivity contribution in [3.63, 3.8) is 0 Å². The molecule has 0 fully saturated rings. The summed E-state index contributed by atoms with van der Waals surface area (Å²) in [7, 11) is 0. The van der Waals surface area contributed by atoms with E-state index in [9.17, 15) is 0 Å². The summed E-state index contributed by atoms with van der Waals surface area (Å²) < 4.78 is 4.65. The van der Waals surface area contributed by atoms with Crippen molar-refractivity contribution < 1.29 is 0 Å². The van der Waals surface area contributed by atoms with Crippen LogP contribution >= 0.6 is 0 Å². The minimum absolute atomic E-state index is 0.637. The Morgan fingerprint density at radius 2 is 0.975 bits per heavy atom. The molecule has 0 aliphatic heterocycles. The van der Waals surface area contributed by atoms with E-state index in [1.807, 2.05) is 18.2 Å². The molecule has 0 spiro atoms. The molecule has 40 heavy (non-hydrogen) atoms. The van der Waals surface area contributed by atoms with Crippen molar-refractivity contribution >= 4 is 49.3 Å². The van der Waals surface area contributed by atoms with Gasteiger partial charge in [-0.15, -0.1) is 0 Å². The lowest BCUT2D eigenvalue weighted by atomic mass is 9.99. The van der Waals surface area contributed by atoms with Gasteiger partial charge in [0.2, 0.25) is 0 Å². The molecule has 0 amide bonds. The van der Waals surface area contributed by atoms with E-state index in [2.05, 4.69) is 135 Å². The van der Waals surface area contributed by atoms with Crippen molar-refractivity contribution in [2.45, 2.75) is 0 Å². The van der Waals surface area contributed by atoms with Gasteiger partial charge in [-0.05, 0) is 59.7 Å². The SMILES string of the molecule is [C-]#[N+]c1cccc(-n2c3ccccc3c3c(-c4cccc(-n5c6ccccc6c6ccccc65)c4)cccc32)c1. The Hall–Kier alpha value is -5.59. The van der Waals surface area contributed by atoms with Gasteiger partial charge in [-0.3, -0.25) is 0 Å². The van der Waals surface area contributed by atoms with E-state index < -0.39 is 0 Å². The number of nitrogens with zero attached hydrogens (tertiary/aromatic N) is 3. The van der Waals surface area contributed by atoms with Gasteiger partial charge in [0.25, 0.3) is 0 Å². The Morgan fingerprint density at radius 3 is 1.68 bits per heavy atom. The maximum absolute atomic E-state index is 7.53. The third-order valence-electron chi connectivity index (χ3n) is 7.91. The molecule has 0 radical (unpaired) electrons. The van der Waals surface area contributed by atoms with Gasteiger partial charge in [-0.25, -0.2) is 4.85 Å². The molecule has 0 N–H and O–H groups in total. The lowest BCUT2D eigenvalue weighted by Crippen LogP contribution is -1.94. The van der Waals surface area contributed by atoms with Crippen LogP contribution in [0.25, 0.3) is 71.0 Å². The monoisotopic (exact) mass is 509 g/mol. The molecule has 3 nitrogen and oxygen atoms in total. The highest BCUT2D eigenvalue weighted by Gasteiger charge is 2.17. The quantitative estimate of drug-likeness (QED) is 0.210. The molecule has 8 rings (SSSR count). The Kier molecular flexibility index (Phi) is 4.89. The summed E-state index contributed by atoms with van der Waals surface area (Å²) in [6.45, 7) is 7.53. The van der Waals surface area contributed by atoms with E-state index in [-0.39, 0.29) is 0 Å². The average molecular weight is 510 g/mol. The van der Waals surface area contributed by atoms with E-state index in [0.717, 1.165) is 22.4 Å². The number of hydrogen-bond acceptors (Lipinski definition) is 0. The van der Waals surface area contributed by atoms with Crippen molar-refractivity contribution in [1.29, 1.82) is 0 Å². The average Bonchev–Trinajstić information content (AvgIpc) is 3.54. The number of hydrogen-bond donors (Lipinski definition) is 0. The lowest BCUT2D eigenvalue weighted by Gasteiger charge is -2.12. The maximum atomic E-state index is 7.53. The minimum atomic E-state index is 0.637. The Morgan fingerprint density at radius 1 is 0.450 bits per heavy atom. The van der Waals surface area contributed by atoms with Crippen LogP contribution in [0, 0.1) is 6.57 Å². The Labute approximate surface area is 231 Å². The molecule has 0 atom stereocenters. The van der Waals surface area contributed by atoms with Crippen LogP contribution in [0.1, 0.15) is 0 Å². The van der Waals surface area contributed by atoms with E-state index in [1.165, 1.54) is 43.7 Å². The summed E-state index contributed by atoms with van der Waals surface area (Å²) in [5.41, 5.74) is 9.80. The normalized spacial score (nSPS) is 11.5. The first kappa shape index (κ1) is 22.4. The largest absolute Gasteiger partial charge is 0.310 e. The molecule has 0 aliphatic carbocycles. The molecule has 8 aromatic rings. The van der Waals surface area contributed by atoms with Gasteiger partial charge in [-0.2, -0.15) is 0 Å². The van der Waals surface area contributed by atoms with Crippen molar-refractivity contribution in [3.8, 4) is 22.5 Å². The first-order chi connectivity index (χ1) is 19.8. The molecule has 0 aliphatic rings. The number of fused-ring (bicyclic) bond motifs is 6. The van der Waals surface area contributed by atoms with Crippen molar-refractivity contribution in [1.82, 2.24) is 9.13 Å². The van der Waals surface area contributed by atoms with Gasteiger partial charge < -0.3 is 9.13 Å². The summed E-state index contributed by atoms with van der Waals surface area (Å²) in [4.78, 5) is 3.68. The maximum Gasteiger partial charge on any atom is 0.189 e. The second-order valence-corrected chi connectivity index (χ2v) is 10.1. The molecular formula is C37H23N3. The summed E-state index contributed by atoms with van der Waals surface area (Å²) in [6, 6.07) is 49.1. The molecule has 3 heteroatoms. The molecule has 0 bridgehead atoms. The fourth-order valence-corrected chi connectivity index (χ4v) is 6.25. The molecular weight excluding hydrogens is 486 g/mol. The first-order valence-corrected chi connectivity index (χ1v) is 13.4. The van der Waals surface area contributed by atoms with Crippen LogP contribution in [-0.2, 0) is 0 Å². The van der Waals surface area contributed by atoms with E-state index >= 15 is 0 Å². The molecule has 6 aromatic carbocycles. The van der Waals surface area contributed by atoms with Crippen LogP contribution < -0.4 is 0 Å². The van der Waals surface area contributed by atoms with Crippen molar-refractivity contribution in [2.75, 3.05) is 0 Å². The van der Waals surface area contributed by atoms with Crippen molar-refractivity contribution in [3.05, 3.63) is 151 Å².